The standard InChI is InChI=1S/C28H31F4N7O.C2H6/c1-15-5-6-20-18(10-34-37-20)21(15)22-19(29)9-17-24(23(22)30)35-26(36-25(17)39-8-7-33-16(2)11-39)40-14-27(13-38(3)4)12-28(27,31)32;1-2/h5-6,9-10,16,33H,7-8,11-14H2,1-4H3,(H,34,37);1-2H3/t16?,27-;/m1./s1. The number of hydrogen-bond donors (Lipinski definition) is 2. The Labute approximate surface area is 242 Å². The zero-order valence-corrected chi connectivity index (χ0v) is 24.8. The van der Waals surface area contributed by atoms with Crippen LogP contribution in [0, 0.1) is 24.0 Å². The summed E-state index contributed by atoms with van der Waals surface area (Å²) < 4.78 is 66.9. The van der Waals surface area contributed by atoms with Gasteiger partial charge in [-0.1, -0.05) is 19.9 Å². The molecule has 8 nitrogen and oxygen atoms in total. The van der Waals surface area contributed by atoms with Gasteiger partial charge in [-0.25, -0.2) is 17.6 Å². The van der Waals surface area contributed by atoms with Crippen LogP contribution in [0.4, 0.5) is 23.4 Å². The van der Waals surface area contributed by atoms with Crippen LogP contribution in [0.3, 0.4) is 0 Å². The molecule has 3 heterocycles. The van der Waals surface area contributed by atoms with Crippen LogP contribution in [0.1, 0.15) is 32.8 Å². The lowest BCUT2D eigenvalue weighted by Gasteiger charge is -2.33. The summed E-state index contributed by atoms with van der Waals surface area (Å²) in [6.45, 7) is 9.28. The first-order valence-electron chi connectivity index (χ1n) is 14.3. The van der Waals surface area contributed by atoms with Crippen molar-refractivity contribution in [2.45, 2.75) is 46.1 Å². The van der Waals surface area contributed by atoms with Crippen LogP contribution in [-0.2, 0) is 0 Å². The van der Waals surface area contributed by atoms with Crippen LogP contribution < -0.4 is 15.0 Å². The molecule has 12 heteroatoms. The normalized spacial score (nSPS) is 21.5. The van der Waals surface area contributed by atoms with Crippen LogP contribution >= 0.6 is 0 Å². The molecule has 2 aliphatic rings. The Hall–Kier alpha value is -3.51. The molecule has 4 aromatic rings. The lowest BCUT2D eigenvalue weighted by molar-refractivity contribution is 0.0288. The minimum atomic E-state index is -2.88. The number of benzene rings is 2. The predicted octanol–water partition coefficient (Wildman–Crippen LogP) is 5.55. The summed E-state index contributed by atoms with van der Waals surface area (Å²) in [7, 11) is 3.45. The maximum absolute atomic E-state index is 16.4. The van der Waals surface area contributed by atoms with E-state index < -0.39 is 23.0 Å². The highest BCUT2D eigenvalue weighted by Gasteiger charge is 2.71. The molecule has 2 fully saturated rings. The second-order valence-corrected chi connectivity index (χ2v) is 11.4. The molecule has 2 aromatic carbocycles. The number of nitrogens with zero attached hydrogens (tertiary/aromatic N) is 5. The van der Waals surface area contributed by atoms with Gasteiger partial charge in [-0.05, 0) is 45.6 Å². The van der Waals surface area contributed by atoms with E-state index in [-0.39, 0.29) is 48.1 Å². The predicted molar refractivity (Wildman–Crippen MR) is 156 cm³/mol. The molecule has 6 rings (SSSR count). The third-order valence-electron chi connectivity index (χ3n) is 7.90. The first-order valence-corrected chi connectivity index (χ1v) is 14.3. The molecular weight excluding hydrogens is 550 g/mol. The summed E-state index contributed by atoms with van der Waals surface area (Å²) in [6, 6.07) is 4.70. The van der Waals surface area contributed by atoms with Gasteiger partial charge in [0, 0.05) is 55.0 Å². The van der Waals surface area contributed by atoms with Gasteiger partial charge in [0.1, 0.15) is 23.8 Å². The number of anilines is 1. The van der Waals surface area contributed by atoms with E-state index in [9.17, 15) is 8.78 Å². The third kappa shape index (κ3) is 5.26. The Bertz CT molecular complexity index is 1610. The first kappa shape index (κ1) is 30.0. The summed E-state index contributed by atoms with van der Waals surface area (Å²) >= 11 is 0. The molecule has 1 unspecified atom stereocenters. The molecule has 0 radical (unpaired) electrons. The molecular formula is C30H37F4N7O. The summed E-state index contributed by atoms with van der Waals surface area (Å²) in [5.41, 5.74) is -0.0819. The van der Waals surface area contributed by atoms with Crippen LogP contribution in [-0.4, -0.2) is 83.9 Å². The highest BCUT2D eigenvalue weighted by atomic mass is 19.3. The maximum atomic E-state index is 16.4. The van der Waals surface area contributed by atoms with Gasteiger partial charge < -0.3 is 19.9 Å². The number of halogens is 4. The fourth-order valence-electron chi connectivity index (χ4n) is 5.84. The van der Waals surface area contributed by atoms with E-state index in [1.54, 1.807) is 38.1 Å². The van der Waals surface area contributed by atoms with Crippen LogP contribution in [0.2, 0.25) is 0 Å². The number of rotatable bonds is 7. The zero-order valence-electron chi connectivity index (χ0n) is 24.8. The monoisotopic (exact) mass is 587 g/mol. The Morgan fingerprint density at radius 1 is 1.12 bits per heavy atom. The fraction of sp³-hybridized carbons (Fsp3) is 0.500. The van der Waals surface area contributed by atoms with Crippen molar-refractivity contribution >= 4 is 27.6 Å². The van der Waals surface area contributed by atoms with Crippen LogP contribution in [0.25, 0.3) is 32.9 Å². The Kier molecular flexibility index (Phi) is 8.06. The summed E-state index contributed by atoms with van der Waals surface area (Å²) in [5, 5.41) is 11.0. The summed E-state index contributed by atoms with van der Waals surface area (Å²) in [4.78, 5) is 12.5. The number of ether oxygens (including phenoxy) is 1. The maximum Gasteiger partial charge on any atom is 0.319 e. The minimum Gasteiger partial charge on any atom is -0.463 e. The van der Waals surface area contributed by atoms with Crippen LogP contribution in [0.5, 0.6) is 6.01 Å². The van der Waals surface area contributed by atoms with Gasteiger partial charge >= 0.3 is 6.01 Å². The molecule has 2 aromatic heterocycles. The van der Waals surface area contributed by atoms with Crippen molar-refractivity contribution < 1.29 is 22.3 Å². The van der Waals surface area contributed by atoms with Crippen molar-refractivity contribution in [3.8, 4) is 17.1 Å². The molecule has 2 N–H and O–H groups in total. The number of fused-ring (bicyclic) bond motifs is 2. The summed E-state index contributed by atoms with van der Waals surface area (Å²) in [6.07, 6.45) is 1.22. The quantitative estimate of drug-likeness (QED) is 0.275. The Balaban J connectivity index is 0.00000173. The van der Waals surface area contributed by atoms with Gasteiger partial charge in [-0.15, -0.1) is 0 Å². The van der Waals surface area contributed by atoms with E-state index in [1.807, 2.05) is 25.7 Å². The number of nitrogens with one attached hydrogen (secondary N) is 2. The largest absolute Gasteiger partial charge is 0.463 e. The average Bonchev–Trinajstić information content (AvgIpc) is 3.23. The third-order valence-corrected chi connectivity index (χ3v) is 7.90. The first-order chi connectivity index (χ1) is 20.0. The lowest BCUT2D eigenvalue weighted by Crippen LogP contribution is -2.49. The molecule has 0 spiro atoms. The number of alkyl halides is 2. The van der Waals surface area contributed by atoms with E-state index in [2.05, 4.69) is 25.5 Å². The fourth-order valence-corrected chi connectivity index (χ4v) is 5.84. The smallest absolute Gasteiger partial charge is 0.319 e. The van der Waals surface area contributed by atoms with Crippen molar-refractivity contribution in [3.63, 3.8) is 0 Å². The second-order valence-electron chi connectivity index (χ2n) is 11.4. The van der Waals surface area contributed by atoms with Crippen molar-refractivity contribution in [2.24, 2.45) is 5.41 Å². The van der Waals surface area contributed by atoms with Gasteiger partial charge in [-0.3, -0.25) is 5.10 Å². The number of piperazine rings is 1. The molecule has 1 saturated carbocycles. The second kappa shape index (κ2) is 11.3. The van der Waals surface area contributed by atoms with Crippen LogP contribution in [0.15, 0.2) is 24.4 Å². The van der Waals surface area contributed by atoms with Gasteiger partial charge in [-0.2, -0.15) is 15.1 Å². The molecule has 0 amide bonds. The molecule has 42 heavy (non-hydrogen) atoms. The highest BCUT2D eigenvalue weighted by molar-refractivity contribution is 6.00. The van der Waals surface area contributed by atoms with Crippen molar-refractivity contribution in [1.29, 1.82) is 0 Å². The number of H-pyrrole nitrogens is 1. The Morgan fingerprint density at radius 3 is 2.52 bits per heavy atom. The zero-order chi connectivity index (χ0) is 30.4. The lowest BCUT2D eigenvalue weighted by atomic mass is 9.95. The van der Waals surface area contributed by atoms with Gasteiger partial charge in [0.05, 0.1) is 22.7 Å². The van der Waals surface area contributed by atoms with Crippen molar-refractivity contribution in [3.05, 3.63) is 41.6 Å². The van der Waals surface area contributed by atoms with Crippen molar-refractivity contribution in [1.82, 2.24) is 30.4 Å². The number of aromatic nitrogens is 4. The van der Waals surface area contributed by atoms with Gasteiger partial charge in [0.25, 0.3) is 5.92 Å². The number of aromatic amines is 1. The van der Waals surface area contributed by atoms with E-state index >= 15 is 8.78 Å². The molecule has 2 atom stereocenters. The number of hydrogen-bond acceptors (Lipinski definition) is 7. The molecule has 226 valence electrons. The topological polar surface area (TPSA) is 82.2 Å². The highest BCUT2D eigenvalue weighted by Crippen LogP contribution is 2.60. The average molecular weight is 588 g/mol. The van der Waals surface area contributed by atoms with E-state index in [0.29, 0.717) is 47.5 Å². The minimum absolute atomic E-state index is 0.104. The van der Waals surface area contributed by atoms with E-state index in [0.717, 1.165) is 0 Å². The SMILES string of the molecule is CC.Cc1ccc2[nH]ncc2c1-c1c(F)cc2c(N3CCNC(C)C3)nc(OC[C@]3(CN(C)C)CC3(F)F)nc2c1F. The number of aryl methyl sites for hydroxylation is 1. The van der Waals surface area contributed by atoms with Crippen molar-refractivity contribution in [2.75, 3.05) is 51.8 Å². The van der Waals surface area contributed by atoms with E-state index in [4.69, 9.17) is 4.74 Å². The molecule has 1 aliphatic carbocycles. The molecule has 1 saturated heterocycles. The molecule has 1 aliphatic heterocycles. The Morgan fingerprint density at radius 2 is 1.86 bits per heavy atom. The van der Waals surface area contributed by atoms with Gasteiger partial charge in [0.15, 0.2) is 5.82 Å². The molecule has 0 bridgehead atoms. The van der Waals surface area contributed by atoms with Gasteiger partial charge in [0.2, 0.25) is 0 Å². The summed E-state index contributed by atoms with van der Waals surface area (Å²) in [5.74, 6) is -4.21. The van der Waals surface area contributed by atoms with E-state index in [1.165, 1.54) is 12.3 Å².